The first-order valence-electron chi connectivity index (χ1n) is 4.98. The van der Waals surface area contributed by atoms with Crippen LogP contribution < -0.4 is 5.32 Å². The molecule has 1 aromatic carbocycles. The summed E-state index contributed by atoms with van der Waals surface area (Å²) in [6.07, 6.45) is 2.94. The van der Waals surface area contributed by atoms with Gasteiger partial charge in [-0.1, -0.05) is 12.1 Å². The zero-order valence-electron chi connectivity index (χ0n) is 9.16. The topological polar surface area (TPSA) is 35.8 Å². The molecule has 0 spiro atoms. The second kappa shape index (κ2) is 6.36. The summed E-state index contributed by atoms with van der Waals surface area (Å²) in [5.41, 5.74) is 2.24. The molecule has 0 aliphatic rings. The van der Waals surface area contributed by atoms with E-state index in [1.807, 2.05) is 12.1 Å². The highest BCUT2D eigenvalue weighted by atomic mass is 32.2. The SMILES string of the molecule is CSCCC(C#N)Nc1cccc(C)c1. The molecule has 0 aliphatic carbocycles. The molecule has 3 heteroatoms. The highest BCUT2D eigenvalue weighted by molar-refractivity contribution is 7.98. The number of nitrogens with zero attached hydrogens (tertiary/aromatic N) is 1. The number of anilines is 1. The van der Waals surface area contributed by atoms with Crippen LogP contribution in [0.4, 0.5) is 5.69 Å². The standard InChI is InChI=1S/C12H16N2S/c1-10-4-3-5-11(8-10)14-12(9-13)6-7-15-2/h3-5,8,12,14H,6-7H2,1-2H3. The van der Waals surface area contributed by atoms with Gasteiger partial charge >= 0.3 is 0 Å². The molecule has 1 atom stereocenters. The molecule has 1 rings (SSSR count). The van der Waals surface area contributed by atoms with Crippen LogP contribution in [0.2, 0.25) is 0 Å². The fourth-order valence-corrected chi connectivity index (χ4v) is 1.81. The maximum Gasteiger partial charge on any atom is 0.115 e. The van der Waals surface area contributed by atoms with Crippen molar-refractivity contribution in [1.82, 2.24) is 0 Å². The average molecular weight is 220 g/mol. The van der Waals surface area contributed by atoms with Gasteiger partial charge in [-0.3, -0.25) is 0 Å². The Labute approximate surface area is 95.7 Å². The summed E-state index contributed by atoms with van der Waals surface area (Å²) in [5.74, 6) is 1.01. The number of hydrogen-bond acceptors (Lipinski definition) is 3. The van der Waals surface area contributed by atoms with Gasteiger partial charge in [0.2, 0.25) is 0 Å². The molecule has 0 heterocycles. The summed E-state index contributed by atoms with van der Waals surface area (Å²) >= 11 is 1.77. The highest BCUT2D eigenvalue weighted by Crippen LogP contribution is 2.12. The van der Waals surface area contributed by atoms with E-state index in [-0.39, 0.29) is 6.04 Å². The van der Waals surface area contributed by atoms with E-state index in [1.54, 1.807) is 11.8 Å². The Hall–Kier alpha value is -1.14. The molecule has 0 aromatic heterocycles. The molecular formula is C12H16N2S. The minimum atomic E-state index is -0.0840. The highest BCUT2D eigenvalue weighted by Gasteiger charge is 2.05. The van der Waals surface area contributed by atoms with Crippen molar-refractivity contribution in [1.29, 1.82) is 5.26 Å². The summed E-state index contributed by atoms with van der Waals surface area (Å²) in [4.78, 5) is 0. The molecule has 0 saturated heterocycles. The van der Waals surface area contributed by atoms with Crippen LogP contribution in [0.1, 0.15) is 12.0 Å². The predicted octanol–water partition coefficient (Wildman–Crippen LogP) is 3.05. The summed E-state index contributed by atoms with van der Waals surface area (Å²) in [5, 5.41) is 12.2. The maximum absolute atomic E-state index is 8.96. The number of nitrogens with one attached hydrogen (secondary N) is 1. The van der Waals surface area contributed by atoms with Crippen molar-refractivity contribution >= 4 is 17.4 Å². The Kier molecular flexibility index (Phi) is 5.06. The van der Waals surface area contributed by atoms with E-state index in [0.717, 1.165) is 17.9 Å². The second-order valence-electron chi connectivity index (χ2n) is 3.48. The number of rotatable bonds is 5. The van der Waals surface area contributed by atoms with Crippen molar-refractivity contribution in [3.8, 4) is 6.07 Å². The van der Waals surface area contributed by atoms with E-state index in [4.69, 9.17) is 5.26 Å². The third kappa shape index (κ3) is 4.26. The lowest BCUT2D eigenvalue weighted by Crippen LogP contribution is -2.17. The molecule has 15 heavy (non-hydrogen) atoms. The number of thioether (sulfide) groups is 1. The average Bonchev–Trinajstić information content (AvgIpc) is 2.24. The molecule has 0 aliphatic heterocycles. The summed E-state index contributed by atoms with van der Waals surface area (Å²) in [7, 11) is 0. The monoisotopic (exact) mass is 220 g/mol. The maximum atomic E-state index is 8.96. The van der Waals surface area contributed by atoms with Gasteiger partial charge < -0.3 is 5.32 Å². The largest absolute Gasteiger partial charge is 0.370 e. The molecule has 1 unspecified atom stereocenters. The van der Waals surface area contributed by atoms with Gasteiger partial charge in [-0.25, -0.2) is 0 Å². The third-order valence-electron chi connectivity index (χ3n) is 2.13. The minimum Gasteiger partial charge on any atom is -0.370 e. The Morgan fingerprint density at radius 1 is 1.53 bits per heavy atom. The Morgan fingerprint density at radius 2 is 2.33 bits per heavy atom. The van der Waals surface area contributed by atoms with Gasteiger partial charge in [-0.15, -0.1) is 0 Å². The molecule has 0 radical (unpaired) electrons. The van der Waals surface area contributed by atoms with Crippen LogP contribution in [0, 0.1) is 18.3 Å². The minimum absolute atomic E-state index is 0.0840. The van der Waals surface area contributed by atoms with Crippen molar-refractivity contribution in [2.45, 2.75) is 19.4 Å². The van der Waals surface area contributed by atoms with E-state index in [1.165, 1.54) is 5.56 Å². The first-order chi connectivity index (χ1) is 7.26. The molecule has 1 aromatic rings. The van der Waals surface area contributed by atoms with Crippen LogP contribution >= 0.6 is 11.8 Å². The fourth-order valence-electron chi connectivity index (χ4n) is 1.34. The normalized spacial score (nSPS) is 11.8. The molecule has 1 N–H and O–H groups in total. The van der Waals surface area contributed by atoms with Gasteiger partial charge in [0.05, 0.1) is 6.07 Å². The van der Waals surface area contributed by atoms with E-state index in [0.29, 0.717) is 0 Å². The zero-order chi connectivity index (χ0) is 11.1. The smallest absolute Gasteiger partial charge is 0.115 e. The van der Waals surface area contributed by atoms with Gasteiger partial charge in [-0.05, 0) is 43.0 Å². The molecule has 80 valence electrons. The van der Waals surface area contributed by atoms with Crippen molar-refractivity contribution in [3.05, 3.63) is 29.8 Å². The number of aryl methyl sites for hydroxylation is 1. The lowest BCUT2D eigenvalue weighted by molar-refractivity contribution is 0.855. The van der Waals surface area contributed by atoms with Crippen molar-refractivity contribution in [2.75, 3.05) is 17.3 Å². The summed E-state index contributed by atoms with van der Waals surface area (Å²) in [6, 6.07) is 10.3. The number of nitriles is 1. The third-order valence-corrected chi connectivity index (χ3v) is 2.77. The fraction of sp³-hybridized carbons (Fsp3) is 0.417. The first-order valence-corrected chi connectivity index (χ1v) is 6.37. The van der Waals surface area contributed by atoms with Crippen molar-refractivity contribution in [3.63, 3.8) is 0 Å². The first kappa shape index (κ1) is 11.9. The molecule has 0 bridgehead atoms. The van der Waals surface area contributed by atoms with E-state index in [2.05, 4.69) is 36.7 Å². The van der Waals surface area contributed by atoms with E-state index in [9.17, 15) is 0 Å². The Morgan fingerprint density at radius 3 is 2.93 bits per heavy atom. The van der Waals surface area contributed by atoms with Crippen LogP contribution in [0.15, 0.2) is 24.3 Å². The van der Waals surface area contributed by atoms with Gasteiger partial charge in [-0.2, -0.15) is 17.0 Å². The van der Waals surface area contributed by atoms with Gasteiger partial charge in [0, 0.05) is 5.69 Å². The van der Waals surface area contributed by atoms with Crippen molar-refractivity contribution < 1.29 is 0 Å². The van der Waals surface area contributed by atoms with Crippen LogP contribution in [-0.4, -0.2) is 18.1 Å². The van der Waals surface area contributed by atoms with E-state index < -0.39 is 0 Å². The predicted molar refractivity (Wildman–Crippen MR) is 67.2 cm³/mol. The van der Waals surface area contributed by atoms with E-state index >= 15 is 0 Å². The van der Waals surface area contributed by atoms with Crippen molar-refractivity contribution in [2.24, 2.45) is 0 Å². The van der Waals surface area contributed by atoms with Crippen LogP contribution in [0.5, 0.6) is 0 Å². The lowest BCUT2D eigenvalue weighted by Gasteiger charge is -2.12. The second-order valence-corrected chi connectivity index (χ2v) is 4.46. The molecule has 0 saturated carbocycles. The van der Waals surface area contributed by atoms with Gasteiger partial charge in [0.25, 0.3) is 0 Å². The molecule has 0 fully saturated rings. The van der Waals surface area contributed by atoms with Crippen LogP contribution in [-0.2, 0) is 0 Å². The zero-order valence-corrected chi connectivity index (χ0v) is 9.97. The number of benzene rings is 1. The van der Waals surface area contributed by atoms with Gasteiger partial charge in [0.15, 0.2) is 0 Å². The van der Waals surface area contributed by atoms with Crippen LogP contribution in [0.25, 0.3) is 0 Å². The molecule has 2 nitrogen and oxygen atoms in total. The molecular weight excluding hydrogens is 204 g/mol. The lowest BCUT2D eigenvalue weighted by atomic mass is 10.2. The quantitative estimate of drug-likeness (QED) is 0.828. The molecule has 0 amide bonds. The summed E-state index contributed by atoms with van der Waals surface area (Å²) < 4.78 is 0. The van der Waals surface area contributed by atoms with Crippen LogP contribution in [0.3, 0.4) is 0 Å². The summed E-state index contributed by atoms with van der Waals surface area (Å²) in [6.45, 7) is 2.05. The Balaban J connectivity index is 2.55. The van der Waals surface area contributed by atoms with Gasteiger partial charge in [0.1, 0.15) is 6.04 Å². The Bertz CT molecular complexity index is 344. The number of hydrogen-bond donors (Lipinski definition) is 1.